The zero-order chi connectivity index (χ0) is 16.1. The summed E-state index contributed by atoms with van der Waals surface area (Å²) >= 11 is 0. The van der Waals surface area contributed by atoms with Crippen LogP contribution in [0.5, 0.6) is 0 Å². The van der Waals surface area contributed by atoms with Gasteiger partial charge in [0.15, 0.2) is 5.82 Å². The molecule has 6 nitrogen and oxygen atoms in total. The molecule has 2 aromatic heterocycles. The summed E-state index contributed by atoms with van der Waals surface area (Å²) in [5.74, 6) is 1.58. The van der Waals surface area contributed by atoms with Crippen LogP contribution < -0.4 is 11.2 Å². The molecule has 2 aromatic rings. The van der Waals surface area contributed by atoms with Crippen LogP contribution in [0.25, 0.3) is 11.0 Å². The van der Waals surface area contributed by atoms with E-state index >= 15 is 0 Å². The molecule has 0 radical (unpaired) electrons. The van der Waals surface area contributed by atoms with Crippen molar-refractivity contribution >= 4 is 16.9 Å². The van der Waals surface area contributed by atoms with Gasteiger partial charge in [0.05, 0.1) is 12.1 Å². The number of nitrogen functional groups attached to an aromatic ring is 1. The number of nitrogens with two attached hydrogens (primary N) is 1. The van der Waals surface area contributed by atoms with Gasteiger partial charge in [0.25, 0.3) is 0 Å². The molecule has 3 N–H and O–H groups in total. The number of rotatable bonds is 8. The van der Waals surface area contributed by atoms with Crippen molar-refractivity contribution in [2.45, 2.75) is 46.6 Å². The molecule has 0 amide bonds. The molecule has 22 heavy (non-hydrogen) atoms. The normalized spacial score (nSPS) is 11.0. The molecule has 0 saturated heterocycles. The van der Waals surface area contributed by atoms with Crippen LogP contribution in [-0.4, -0.2) is 21.1 Å². The summed E-state index contributed by atoms with van der Waals surface area (Å²) < 4.78 is 2.26. The quantitative estimate of drug-likeness (QED) is 0.579. The second-order valence-corrected chi connectivity index (χ2v) is 5.36. The zero-order valence-corrected chi connectivity index (χ0v) is 13.6. The molecular formula is C16H25N5O. The Bertz CT molecular complexity index is 662. The van der Waals surface area contributed by atoms with E-state index < -0.39 is 0 Å². The highest BCUT2D eigenvalue weighted by atomic mass is 16.6. The number of aryl methyl sites for hydroxylation is 4. The maximum absolute atomic E-state index is 6.07. The Labute approximate surface area is 131 Å². The fraction of sp³-hybridized carbons (Fsp3) is 0.500. The van der Waals surface area contributed by atoms with Crippen molar-refractivity contribution in [3.05, 3.63) is 29.9 Å². The lowest BCUT2D eigenvalue weighted by Gasteiger charge is -2.11. The summed E-state index contributed by atoms with van der Waals surface area (Å²) in [6.07, 6.45) is 4.38. The van der Waals surface area contributed by atoms with E-state index in [-0.39, 0.29) is 0 Å². The van der Waals surface area contributed by atoms with Gasteiger partial charge >= 0.3 is 0 Å². The Hall–Kier alpha value is -2.08. The van der Waals surface area contributed by atoms with Crippen LogP contribution in [0.1, 0.15) is 36.8 Å². The fourth-order valence-corrected chi connectivity index (χ4v) is 2.61. The molecule has 0 saturated carbocycles. The summed E-state index contributed by atoms with van der Waals surface area (Å²) in [5.41, 5.74) is 12.7. The fourth-order valence-electron chi connectivity index (χ4n) is 2.61. The first-order chi connectivity index (χ1) is 10.6. The average Bonchev–Trinajstić information content (AvgIpc) is 2.84. The van der Waals surface area contributed by atoms with Crippen LogP contribution in [0.3, 0.4) is 0 Å². The molecule has 0 fully saturated rings. The third-order valence-corrected chi connectivity index (χ3v) is 3.74. The Kier molecular flexibility index (Phi) is 5.38. The molecule has 0 unspecified atom stereocenters. The molecular weight excluding hydrogens is 278 g/mol. The van der Waals surface area contributed by atoms with E-state index in [2.05, 4.69) is 35.5 Å². The van der Waals surface area contributed by atoms with Crippen molar-refractivity contribution in [2.24, 2.45) is 0 Å². The van der Waals surface area contributed by atoms with Gasteiger partial charge in [0.1, 0.15) is 11.3 Å². The number of imidazole rings is 1. The summed E-state index contributed by atoms with van der Waals surface area (Å²) in [4.78, 5) is 14.3. The van der Waals surface area contributed by atoms with E-state index in [1.54, 1.807) is 0 Å². The van der Waals surface area contributed by atoms with Crippen molar-refractivity contribution in [3.8, 4) is 0 Å². The van der Waals surface area contributed by atoms with Gasteiger partial charge < -0.3 is 10.3 Å². The molecule has 0 spiro atoms. The first-order valence-electron chi connectivity index (χ1n) is 7.70. The molecule has 2 heterocycles. The van der Waals surface area contributed by atoms with E-state index in [4.69, 9.17) is 15.6 Å². The number of fused-ring (bicyclic) bond motifs is 1. The smallest absolute Gasteiger partial charge is 0.151 e. The largest absolute Gasteiger partial charge is 0.382 e. The SMILES string of the molecule is C=CNOCCCn1c(CCC)nc2c(N)nc(C)c(C)c21. The molecule has 0 atom stereocenters. The lowest BCUT2D eigenvalue weighted by Crippen LogP contribution is -2.11. The Morgan fingerprint density at radius 2 is 2.14 bits per heavy atom. The van der Waals surface area contributed by atoms with Crippen LogP contribution >= 0.6 is 0 Å². The molecule has 2 rings (SSSR count). The maximum atomic E-state index is 6.07. The Balaban J connectivity index is 2.35. The molecule has 0 aliphatic heterocycles. The van der Waals surface area contributed by atoms with Gasteiger partial charge in [-0.15, -0.1) is 0 Å². The summed E-state index contributed by atoms with van der Waals surface area (Å²) in [5, 5.41) is 0. The number of nitrogens with one attached hydrogen (secondary N) is 1. The molecule has 0 aliphatic carbocycles. The van der Waals surface area contributed by atoms with Gasteiger partial charge in [-0.1, -0.05) is 13.5 Å². The first-order valence-corrected chi connectivity index (χ1v) is 7.70. The number of pyridine rings is 1. The lowest BCUT2D eigenvalue weighted by atomic mass is 10.2. The number of hydrogen-bond acceptors (Lipinski definition) is 5. The minimum absolute atomic E-state index is 0.513. The second kappa shape index (κ2) is 7.26. The molecule has 0 bridgehead atoms. The highest BCUT2D eigenvalue weighted by Crippen LogP contribution is 2.26. The van der Waals surface area contributed by atoms with E-state index in [1.165, 1.54) is 6.20 Å². The number of hydrogen-bond donors (Lipinski definition) is 2. The predicted molar refractivity (Wildman–Crippen MR) is 89.3 cm³/mol. The maximum Gasteiger partial charge on any atom is 0.151 e. The summed E-state index contributed by atoms with van der Waals surface area (Å²) in [6.45, 7) is 11.2. The zero-order valence-electron chi connectivity index (χ0n) is 13.6. The van der Waals surface area contributed by atoms with Crippen LogP contribution in [0.2, 0.25) is 0 Å². The minimum atomic E-state index is 0.513. The molecule has 6 heteroatoms. The number of hydroxylamine groups is 1. The van der Waals surface area contributed by atoms with Crippen molar-refractivity contribution < 1.29 is 4.84 Å². The molecule has 120 valence electrons. The molecule has 0 aliphatic rings. The van der Waals surface area contributed by atoms with Gasteiger partial charge in [0.2, 0.25) is 0 Å². The van der Waals surface area contributed by atoms with E-state index in [9.17, 15) is 0 Å². The van der Waals surface area contributed by atoms with Gasteiger partial charge in [0, 0.05) is 24.9 Å². The first kappa shape index (κ1) is 16.3. The molecule has 0 aromatic carbocycles. The second-order valence-electron chi connectivity index (χ2n) is 5.36. The van der Waals surface area contributed by atoms with Gasteiger partial charge in [-0.05, 0) is 32.3 Å². The van der Waals surface area contributed by atoms with Gasteiger partial charge in [-0.2, -0.15) is 0 Å². The Morgan fingerprint density at radius 1 is 1.36 bits per heavy atom. The lowest BCUT2D eigenvalue weighted by molar-refractivity contribution is 0.0675. The van der Waals surface area contributed by atoms with Crippen molar-refractivity contribution in [2.75, 3.05) is 12.3 Å². The van der Waals surface area contributed by atoms with Crippen LogP contribution in [0, 0.1) is 13.8 Å². The number of nitrogens with zero attached hydrogens (tertiary/aromatic N) is 3. The highest BCUT2D eigenvalue weighted by molar-refractivity contribution is 5.88. The standard InChI is InChI=1S/C16H25N5O/c1-5-8-13-20-14-15(11(3)12(4)19-16(14)17)21(13)9-7-10-22-18-6-2/h6,18H,2,5,7-10H2,1,3-4H3,(H2,17,19). The van der Waals surface area contributed by atoms with Crippen LogP contribution in [0.4, 0.5) is 5.82 Å². The Morgan fingerprint density at radius 3 is 2.82 bits per heavy atom. The van der Waals surface area contributed by atoms with Crippen molar-refractivity contribution in [1.82, 2.24) is 20.0 Å². The van der Waals surface area contributed by atoms with E-state index in [1.807, 2.05) is 6.92 Å². The highest BCUT2D eigenvalue weighted by Gasteiger charge is 2.16. The average molecular weight is 303 g/mol. The minimum Gasteiger partial charge on any atom is -0.382 e. The van der Waals surface area contributed by atoms with Crippen molar-refractivity contribution in [3.63, 3.8) is 0 Å². The van der Waals surface area contributed by atoms with Crippen LogP contribution in [-0.2, 0) is 17.8 Å². The number of aromatic nitrogens is 3. The third kappa shape index (κ3) is 3.22. The van der Waals surface area contributed by atoms with Gasteiger partial charge in [-0.3, -0.25) is 10.3 Å². The van der Waals surface area contributed by atoms with Crippen LogP contribution in [0.15, 0.2) is 12.8 Å². The van der Waals surface area contributed by atoms with E-state index in [0.717, 1.165) is 53.9 Å². The summed E-state index contributed by atoms with van der Waals surface area (Å²) in [7, 11) is 0. The third-order valence-electron chi connectivity index (χ3n) is 3.74. The number of anilines is 1. The summed E-state index contributed by atoms with van der Waals surface area (Å²) in [6, 6.07) is 0. The van der Waals surface area contributed by atoms with Gasteiger partial charge in [-0.25, -0.2) is 9.97 Å². The predicted octanol–water partition coefficient (Wildman–Crippen LogP) is 2.64. The topological polar surface area (TPSA) is 78.0 Å². The monoisotopic (exact) mass is 303 g/mol. The van der Waals surface area contributed by atoms with Crippen molar-refractivity contribution in [1.29, 1.82) is 0 Å². The van der Waals surface area contributed by atoms with E-state index in [0.29, 0.717) is 12.4 Å².